The van der Waals surface area contributed by atoms with Crippen LogP contribution in [0, 0.1) is 0 Å². The summed E-state index contributed by atoms with van der Waals surface area (Å²) >= 11 is 0. The van der Waals surface area contributed by atoms with E-state index in [2.05, 4.69) is 18.8 Å². The Balaban J connectivity index is 0. The minimum absolute atomic E-state index is 0. The average molecular weight is 270 g/mol. The Bertz CT molecular complexity index is 412. The Morgan fingerprint density at radius 2 is 1.22 bits per heavy atom. The molecule has 0 saturated carbocycles. The van der Waals surface area contributed by atoms with E-state index in [0.29, 0.717) is 0 Å². The van der Waals surface area contributed by atoms with Crippen molar-refractivity contribution in [3.63, 3.8) is 0 Å². The van der Waals surface area contributed by atoms with E-state index in [9.17, 15) is 19.8 Å². The quantitative estimate of drug-likeness (QED) is 0.491. The Morgan fingerprint density at radius 1 is 0.889 bits per heavy atom. The van der Waals surface area contributed by atoms with E-state index in [1.54, 1.807) is 0 Å². The molecule has 2 aromatic rings. The largest absolute Gasteiger partial charge is 1.00 e. The normalized spacial score (nSPS) is 8.00. The molecule has 0 aliphatic carbocycles. The van der Waals surface area contributed by atoms with E-state index in [1.807, 2.05) is 0 Å². The molecule has 0 fully saturated rings. The van der Waals surface area contributed by atoms with E-state index in [4.69, 9.17) is 0 Å². The number of carbonyl (C=O) groups excluding carboxylic acids is 2. The van der Waals surface area contributed by atoms with Crippen LogP contribution in [-0.4, -0.2) is 21.9 Å². The van der Waals surface area contributed by atoms with Gasteiger partial charge in [0.2, 0.25) is 0 Å². The molecule has 2 aromatic heterocycles. The van der Waals surface area contributed by atoms with Crippen LogP contribution in [0.25, 0.3) is 0 Å². The van der Waals surface area contributed by atoms with Crippen molar-refractivity contribution in [3.05, 3.63) is 36.7 Å². The summed E-state index contributed by atoms with van der Waals surface area (Å²) < 4.78 is 8.69. The van der Waals surface area contributed by atoms with Gasteiger partial charge < -0.3 is 28.6 Å². The number of hydrogen-bond donors (Lipinski definition) is 0. The maximum absolute atomic E-state index is 9.83. The van der Waals surface area contributed by atoms with Gasteiger partial charge in [-0.3, -0.25) is 0 Å². The predicted molar refractivity (Wildman–Crippen MR) is 41.7 cm³/mol. The molecule has 0 bridgehead atoms. The number of aromatic nitrogens is 2. The van der Waals surface area contributed by atoms with Gasteiger partial charge in [-0.15, -0.1) is 0 Å². The molecule has 2 heterocycles. The molecule has 8 nitrogen and oxygen atoms in total. The van der Waals surface area contributed by atoms with Crippen LogP contribution in [0.15, 0.2) is 34.1 Å². The number of rotatable bonds is 2. The van der Waals surface area contributed by atoms with Crippen LogP contribution in [0.2, 0.25) is 0 Å². The number of carbonyl (C=O) groups is 2. The minimum atomic E-state index is -1.32. The van der Waals surface area contributed by atoms with E-state index in [1.165, 1.54) is 0 Å². The van der Waals surface area contributed by atoms with Gasteiger partial charge in [-0.25, -0.2) is 9.97 Å². The van der Waals surface area contributed by atoms with Crippen molar-refractivity contribution in [1.29, 1.82) is 0 Å². The van der Waals surface area contributed by atoms with Crippen molar-refractivity contribution >= 4 is 11.9 Å². The zero-order chi connectivity index (χ0) is 12.0. The Morgan fingerprint density at radius 3 is 1.33 bits per heavy atom. The van der Waals surface area contributed by atoms with Crippen molar-refractivity contribution < 1.29 is 87.8 Å². The van der Waals surface area contributed by atoms with Gasteiger partial charge in [-0.1, -0.05) is 0 Å². The molecule has 0 aliphatic rings. The van der Waals surface area contributed by atoms with Crippen molar-refractivity contribution in [2.75, 3.05) is 0 Å². The molecule has 0 saturated heterocycles. The summed E-state index contributed by atoms with van der Waals surface area (Å²) in [7, 11) is 0. The number of oxazole rings is 2. The summed E-state index contributed by atoms with van der Waals surface area (Å²) in [5.74, 6) is -2.64. The Hall–Kier alpha value is -0.640. The molecule has 10 heteroatoms. The van der Waals surface area contributed by atoms with Gasteiger partial charge in [0.25, 0.3) is 0 Å². The van der Waals surface area contributed by atoms with Crippen LogP contribution in [-0.2, 0) is 0 Å². The van der Waals surface area contributed by atoms with E-state index < -0.39 is 11.9 Å². The first kappa shape index (κ1) is 19.7. The van der Waals surface area contributed by atoms with Gasteiger partial charge in [0.15, 0.2) is 12.8 Å². The predicted octanol–water partition coefficient (Wildman–Crippen LogP) is -7.92. The second-order valence-electron chi connectivity index (χ2n) is 2.32. The van der Waals surface area contributed by atoms with Gasteiger partial charge in [0.1, 0.15) is 23.9 Å². The molecule has 0 atom stereocenters. The summed E-state index contributed by atoms with van der Waals surface area (Å²) in [5, 5.41) is 19.7. The van der Waals surface area contributed by atoms with Crippen molar-refractivity contribution in [1.82, 2.24) is 9.97 Å². The first-order valence-electron chi connectivity index (χ1n) is 3.80. The first-order chi connectivity index (χ1) is 7.61. The number of carboxylic acid groups (broad SMARTS) is 2. The summed E-state index contributed by atoms with van der Waals surface area (Å²) in [4.78, 5) is 26.2. The van der Waals surface area contributed by atoms with Gasteiger partial charge in [-0.2, -0.15) is 0 Å². The van der Waals surface area contributed by atoms with Gasteiger partial charge in [0, 0.05) is 0 Å². The minimum Gasteiger partial charge on any atom is -0.543 e. The number of hydrogen-bond acceptors (Lipinski definition) is 8. The van der Waals surface area contributed by atoms with E-state index in [-0.39, 0.29) is 70.5 Å². The zero-order valence-electron chi connectivity index (χ0n) is 9.65. The molecule has 0 unspecified atom stereocenters. The smallest absolute Gasteiger partial charge is 0.543 e. The third kappa shape index (κ3) is 6.94. The van der Waals surface area contributed by atoms with E-state index in [0.717, 1.165) is 25.3 Å². The molecule has 2 rings (SSSR count). The fourth-order valence-electron chi connectivity index (χ4n) is 0.627. The molecule has 84 valence electrons. The fourth-order valence-corrected chi connectivity index (χ4v) is 0.627. The molecule has 0 aliphatic heterocycles. The van der Waals surface area contributed by atoms with Crippen LogP contribution in [0.3, 0.4) is 0 Å². The van der Waals surface area contributed by atoms with Crippen molar-refractivity contribution in [2.24, 2.45) is 0 Å². The van der Waals surface area contributed by atoms with Crippen LogP contribution in [0.1, 0.15) is 21.0 Å². The maximum Gasteiger partial charge on any atom is 1.00 e. The summed E-state index contributed by atoms with van der Waals surface area (Å²) in [6.07, 6.45) is 4.08. The monoisotopic (exact) mass is 270 g/mol. The summed E-state index contributed by atoms with van der Waals surface area (Å²) in [6.45, 7) is 0. The molecule has 0 radical (unpaired) electrons. The van der Waals surface area contributed by atoms with Crippen LogP contribution in [0.4, 0.5) is 0 Å². The molecule has 0 aromatic carbocycles. The molecule has 0 amide bonds. The van der Waals surface area contributed by atoms with Gasteiger partial charge in [-0.05, 0) is 0 Å². The maximum atomic E-state index is 9.83. The third-order valence-electron chi connectivity index (χ3n) is 1.28. The fraction of sp³-hybridized carbons (Fsp3) is 0. The first-order valence-corrected chi connectivity index (χ1v) is 3.80. The van der Waals surface area contributed by atoms with Crippen LogP contribution in [0.5, 0.6) is 0 Å². The molecular weight excluding hydrogens is 266 g/mol. The van der Waals surface area contributed by atoms with Gasteiger partial charge in [0.05, 0.1) is 11.9 Å². The molecule has 0 N–H and O–H groups in total. The number of nitrogens with zero attached hydrogens (tertiary/aromatic N) is 2. The summed E-state index contributed by atoms with van der Waals surface area (Å²) in [6, 6.07) is 0. The summed E-state index contributed by atoms with van der Waals surface area (Å²) in [5.41, 5.74) is -0.352. The van der Waals surface area contributed by atoms with E-state index >= 15 is 0 Å². The Kier molecular flexibility index (Phi) is 11.3. The molecular formula is C8H4N2Na2O6. The van der Waals surface area contributed by atoms with Crippen LogP contribution >= 0.6 is 0 Å². The van der Waals surface area contributed by atoms with Crippen molar-refractivity contribution in [2.45, 2.75) is 0 Å². The SMILES string of the molecule is O=C([O-])c1cocn1.O=C([O-])c1cocn1.[Na+].[Na+]. The zero-order valence-corrected chi connectivity index (χ0v) is 13.7. The molecule has 0 spiro atoms. The standard InChI is InChI=1S/2C4H3NO3.2Na/c2*6-4(7)3-1-8-2-5-3;;/h2*1-2H,(H,6,7);;/q;;2*+1/p-2. The number of carboxylic acids is 2. The van der Waals surface area contributed by atoms with Crippen molar-refractivity contribution in [3.8, 4) is 0 Å². The van der Waals surface area contributed by atoms with Crippen LogP contribution < -0.4 is 69.3 Å². The number of aromatic carboxylic acids is 2. The average Bonchev–Trinajstić information content (AvgIpc) is 2.93. The second-order valence-corrected chi connectivity index (χ2v) is 2.32. The Labute approximate surface area is 145 Å². The second kappa shape index (κ2) is 10.3. The van der Waals surface area contributed by atoms with Gasteiger partial charge >= 0.3 is 59.1 Å². The third-order valence-corrected chi connectivity index (χ3v) is 1.28. The topological polar surface area (TPSA) is 132 Å². The molecule has 18 heavy (non-hydrogen) atoms.